The number of aryl methyl sites for hydroxylation is 3. The minimum Gasteiger partial charge on any atom is -0.478 e. The molecule has 0 aliphatic carbocycles. The number of carbonyl (C=O) groups excluding carboxylic acids is 1. The van der Waals surface area contributed by atoms with Gasteiger partial charge in [-0.3, -0.25) is 4.79 Å². The molecular formula is C18H16ClN3O6S2. The predicted molar refractivity (Wildman–Crippen MR) is 112 cm³/mol. The van der Waals surface area contributed by atoms with Crippen LogP contribution in [0.1, 0.15) is 36.9 Å². The highest BCUT2D eigenvalue weighted by atomic mass is 35.5. The van der Waals surface area contributed by atoms with Crippen molar-refractivity contribution in [2.45, 2.75) is 25.7 Å². The van der Waals surface area contributed by atoms with E-state index in [-0.39, 0.29) is 26.2 Å². The lowest BCUT2D eigenvalue weighted by atomic mass is 10.0. The number of thiophene rings is 1. The van der Waals surface area contributed by atoms with Crippen molar-refractivity contribution >= 4 is 56.4 Å². The molecule has 3 N–H and O–H groups in total. The number of halogens is 1. The van der Waals surface area contributed by atoms with Gasteiger partial charge in [-0.1, -0.05) is 16.8 Å². The SMILES string of the molecule is Cc1cc(C(=O)O)cc(C)c1NC(=O)c1sccc1S(=O)(=O)Nc1onc(C)c1Cl. The van der Waals surface area contributed by atoms with Crippen molar-refractivity contribution in [3.05, 3.63) is 55.9 Å². The molecule has 0 bridgehead atoms. The first-order chi connectivity index (χ1) is 14.0. The first-order valence-electron chi connectivity index (χ1n) is 8.39. The molecule has 0 spiro atoms. The summed E-state index contributed by atoms with van der Waals surface area (Å²) in [6.45, 7) is 4.85. The van der Waals surface area contributed by atoms with Crippen molar-refractivity contribution < 1.29 is 27.6 Å². The number of hydrogen-bond acceptors (Lipinski definition) is 7. The molecule has 3 rings (SSSR count). The third-order valence-electron chi connectivity index (χ3n) is 4.16. The number of carboxylic acids is 1. The third kappa shape index (κ3) is 4.18. The number of nitrogens with zero attached hydrogens (tertiary/aromatic N) is 1. The topological polar surface area (TPSA) is 139 Å². The summed E-state index contributed by atoms with van der Waals surface area (Å²) in [6.07, 6.45) is 0. The van der Waals surface area contributed by atoms with Gasteiger partial charge in [0.1, 0.15) is 20.5 Å². The number of sulfonamides is 1. The van der Waals surface area contributed by atoms with Gasteiger partial charge in [0.25, 0.3) is 21.8 Å². The van der Waals surface area contributed by atoms with E-state index < -0.39 is 21.9 Å². The van der Waals surface area contributed by atoms with Gasteiger partial charge in [-0.2, -0.15) is 0 Å². The van der Waals surface area contributed by atoms with E-state index in [1.807, 2.05) is 0 Å². The Morgan fingerprint density at radius 1 is 1.20 bits per heavy atom. The summed E-state index contributed by atoms with van der Waals surface area (Å²) >= 11 is 6.89. The van der Waals surface area contributed by atoms with Gasteiger partial charge in [0.15, 0.2) is 0 Å². The molecule has 0 saturated carbocycles. The molecule has 0 radical (unpaired) electrons. The normalized spacial score (nSPS) is 11.3. The smallest absolute Gasteiger partial charge is 0.335 e. The monoisotopic (exact) mass is 469 g/mol. The second-order valence-electron chi connectivity index (χ2n) is 6.37. The summed E-state index contributed by atoms with van der Waals surface area (Å²) in [5.74, 6) is -1.99. The highest BCUT2D eigenvalue weighted by molar-refractivity contribution is 7.93. The zero-order valence-corrected chi connectivity index (χ0v) is 18.3. The van der Waals surface area contributed by atoms with Gasteiger partial charge in [0, 0.05) is 5.69 Å². The molecule has 1 aromatic carbocycles. The van der Waals surface area contributed by atoms with Crippen molar-refractivity contribution in [3.8, 4) is 0 Å². The summed E-state index contributed by atoms with van der Waals surface area (Å²) in [4.78, 5) is 23.7. The van der Waals surface area contributed by atoms with Crippen LogP contribution in [0.2, 0.25) is 5.02 Å². The van der Waals surface area contributed by atoms with E-state index in [2.05, 4.69) is 15.2 Å². The first kappa shape index (κ1) is 21.8. The van der Waals surface area contributed by atoms with Gasteiger partial charge in [-0.15, -0.1) is 11.3 Å². The van der Waals surface area contributed by atoms with Crippen molar-refractivity contribution in [1.82, 2.24) is 5.16 Å². The quantitative estimate of drug-likeness (QED) is 0.494. The van der Waals surface area contributed by atoms with Crippen LogP contribution >= 0.6 is 22.9 Å². The Bertz CT molecular complexity index is 1240. The van der Waals surface area contributed by atoms with Crippen LogP contribution in [-0.4, -0.2) is 30.6 Å². The maximum Gasteiger partial charge on any atom is 0.335 e. The van der Waals surface area contributed by atoms with Crippen molar-refractivity contribution in [1.29, 1.82) is 0 Å². The van der Waals surface area contributed by atoms with E-state index in [0.717, 1.165) is 11.3 Å². The molecule has 1 amide bonds. The van der Waals surface area contributed by atoms with Crippen LogP contribution in [0, 0.1) is 20.8 Å². The molecule has 12 heteroatoms. The van der Waals surface area contributed by atoms with E-state index in [1.165, 1.54) is 23.6 Å². The Morgan fingerprint density at radius 3 is 2.37 bits per heavy atom. The van der Waals surface area contributed by atoms with Crippen LogP contribution < -0.4 is 10.0 Å². The fraction of sp³-hybridized carbons (Fsp3) is 0.167. The number of hydrogen-bond donors (Lipinski definition) is 3. The minimum atomic E-state index is -4.18. The average Bonchev–Trinajstić information content (AvgIpc) is 3.27. The molecule has 0 unspecified atom stereocenters. The molecule has 0 atom stereocenters. The Hall–Kier alpha value is -2.89. The molecule has 3 aromatic rings. The van der Waals surface area contributed by atoms with Gasteiger partial charge >= 0.3 is 5.97 Å². The molecule has 0 aliphatic heterocycles. The average molecular weight is 470 g/mol. The Morgan fingerprint density at radius 2 is 1.83 bits per heavy atom. The van der Waals surface area contributed by atoms with Crippen LogP contribution in [0.5, 0.6) is 0 Å². The number of anilines is 2. The van der Waals surface area contributed by atoms with E-state index in [1.54, 1.807) is 20.8 Å². The number of benzene rings is 1. The van der Waals surface area contributed by atoms with E-state index in [4.69, 9.17) is 21.2 Å². The number of aromatic carboxylic acids is 1. The fourth-order valence-corrected chi connectivity index (χ4v) is 5.22. The zero-order valence-electron chi connectivity index (χ0n) is 15.9. The molecular weight excluding hydrogens is 454 g/mol. The number of nitrogens with one attached hydrogen (secondary N) is 2. The maximum atomic E-state index is 12.8. The summed E-state index contributed by atoms with van der Waals surface area (Å²) in [6, 6.07) is 4.13. The van der Waals surface area contributed by atoms with Crippen molar-refractivity contribution in [2.24, 2.45) is 0 Å². The second kappa shape index (κ2) is 8.09. The van der Waals surface area contributed by atoms with Crippen molar-refractivity contribution in [3.63, 3.8) is 0 Å². The molecule has 0 aliphatic rings. The van der Waals surface area contributed by atoms with E-state index in [0.29, 0.717) is 22.5 Å². The molecule has 9 nitrogen and oxygen atoms in total. The summed E-state index contributed by atoms with van der Waals surface area (Å²) in [7, 11) is -4.18. The standard InChI is InChI=1S/C18H16ClN3O6S2/c1-8-6-11(18(24)25)7-9(2)14(8)20-16(23)15-12(4-5-29-15)30(26,27)22-17-13(19)10(3)21-28-17/h4-7,22H,1-3H3,(H,20,23)(H,24,25). The largest absolute Gasteiger partial charge is 0.478 e. The Labute approximate surface area is 180 Å². The van der Waals surface area contributed by atoms with Gasteiger partial charge in [-0.05, 0) is 55.5 Å². The van der Waals surface area contributed by atoms with Gasteiger partial charge in [0.2, 0.25) is 0 Å². The molecule has 0 fully saturated rings. The Balaban J connectivity index is 1.91. The molecule has 2 aromatic heterocycles. The predicted octanol–water partition coefficient (Wildman–Crippen LogP) is 4.07. The number of aromatic nitrogens is 1. The summed E-state index contributed by atoms with van der Waals surface area (Å²) in [5.41, 5.74) is 1.87. The van der Waals surface area contributed by atoms with Crippen LogP contribution in [0.25, 0.3) is 0 Å². The maximum absolute atomic E-state index is 12.8. The highest BCUT2D eigenvalue weighted by Gasteiger charge is 2.27. The lowest BCUT2D eigenvalue weighted by Crippen LogP contribution is -2.19. The fourth-order valence-electron chi connectivity index (χ4n) is 2.73. The van der Waals surface area contributed by atoms with Crippen LogP contribution in [-0.2, 0) is 10.0 Å². The molecule has 2 heterocycles. The van der Waals surface area contributed by atoms with E-state index >= 15 is 0 Å². The van der Waals surface area contributed by atoms with E-state index in [9.17, 15) is 18.0 Å². The lowest BCUT2D eigenvalue weighted by molar-refractivity contribution is 0.0696. The van der Waals surface area contributed by atoms with Crippen LogP contribution in [0.3, 0.4) is 0 Å². The number of rotatable bonds is 6. The summed E-state index contributed by atoms with van der Waals surface area (Å²) in [5, 5.41) is 16.9. The number of amides is 1. The van der Waals surface area contributed by atoms with Gasteiger partial charge in [-0.25, -0.2) is 17.9 Å². The number of carbonyl (C=O) groups is 2. The Kier molecular flexibility index (Phi) is 5.88. The lowest BCUT2D eigenvalue weighted by Gasteiger charge is -2.13. The third-order valence-corrected chi connectivity index (χ3v) is 7.02. The summed E-state index contributed by atoms with van der Waals surface area (Å²) < 4.78 is 32.6. The molecule has 30 heavy (non-hydrogen) atoms. The second-order valence-corrected chi connectivity index (χ2v) is 9.32. The van der Waals surface area contributed by atoms with Crippen molar-refractivity contribution in [2.75, 3.05) is 10.0 Å². The van der Waals surface area contributed by atoms with Gasteiger partial charge in [0.05, 0.1) is 5.56 Å². The van der Waals surface area contributed by atoms with Crippen LogP contribution in [0.15, 0.2) is 33.0 Å². The number of carboxylic acid groups (broad SMARTS) is 1. The van der Waals surface area contributed by atoms with Gasteiger partial charge < -0.3 is 14.9 Å². The first-order valence-corrected chi connectivity index (χ1v) is 11.1. The van der Waals surface area contributed by atoms with Crippen LogP contribution in [0.4, 0.5) is 11.6 Å². The minimum absolute atomic E-state index is 0.0181. The molecule has 158 valence electrons. The highest BCUT2D eigenvalue weighted by Crippen LogP contribution is 2.31. The zero-order chi connectivity index (χ0) is 22.2. The molecule has 0 saturated heterocycles.